The van der Waals surface area contributed by atoms with E-state index in [2.05, 4.69) is 12.2 Å². The number of esters is 1. The fourth-order valence-corrected chi connectivity index (χ4v) is 2.45. The lowest BCUT2D eigenvalue weighted by Crippen LogP contribution is -2.05. The topological polar surface area (TPSA) is 26.3 Å². The van der Waals surface area contributed by atoms with Crippen LogP contribution >= 0.6 is 0 Å². The lowest BCUT2D eigenvalue weighted by atomic mass is 10.1. The van der Waals surface area contributed by atoms with Crippen LogP contribution in [0.4, 0.5) is 0 Å². The van der Waals surface area contributed by atoms with Crippen molar-refractivity contribution in [3.8, 4) is 0 Å². The maximum absolute atomic E-state index is 11.4. The highest BCUT2D eigenvalue weighted by Crippen LogP contribution is 2.11. The Hall–Kier alpha value is -0.790. The lowest BCUT2D eigenvalue weighted by molar-refractivity contribution is -0.143. The summed E-state index contributed by atoms with van der Waals surface area (Å²) in [4.78, 5) is 11.4. The molecule has 0 aliphatic carbocycles. The first-order chi connectivity index (χ1) is 9.39. The average Bonchev–Trinajstić information content (AvgIpc) is 2.41. The second kappa shape index (κ2) is 12.3. The van der Waals surface area contributed by atoms with Gasteiger partial charge >= 0.3 is 5.97 Å². The highest BCUT2D eigenvalue weighted by Gasteiger charge is 2.02. The van der Waals surface area contributed by atoms with E-state index in [9.17, 15) is 4.79 Å². The van der Waals surface area contributed by atoms with Gasteiger partial charge in [0.1, 0.15) is 0 Å². The Morgan fingerprint density at radius 3 is 1.89 bits per heavy atom. The number of cyclic esters (lactones) is 1. The van der Waals surface area contributed by atoms with E-state index < -0.39 is 0 Å². The standard InChI is InChI=1S/C17H30O2/c18-17-15-13-11-9-7-5-3-1-2-4-6-8-10-12-14-16-19-17/h3,5H,1-2,4,6-16H2/b5-3-. The van der Waals surface area contributed by atoms with Crippen molar-refractivity contribution in [3.05, 3.63) is 12.2 Å². The van der Waals surface area contributed by atoms with Gasteiger partial charge in [-0.15, -0.1) is 0 Å². The van der Waals surface area contributed by atoms with Crippen molar-refractivity contribution in [1.29, 1.82) is 0 Å². The van der Waals surface area contributed by atoms with Gasteiger partial charge in [-0.3, -0.25) is 4.79 Å². The van der Waals surface area contributed by atoms with Gasteiger partial charge in [0.25, 0.3) is 0 Å². The molecule has 2 heteroatoms. The number of hydrogen-bond acceptors (Lipinski definition) is 2. The Labute approximate surface area is 118 Å². The molecule has 1 aliphatic rings. The number of ether oxygens (including phenoxy) is 1. The molecule has 0 saturated carbocycles. The van der Waals surface area contributed by atoms with E-state index in [0.717, 1.165) is 25.7 Å². The summed E-state index contributed by atoms with van der Waals surface area (Å²) in [6, 6.07) is 0. The molecule has 0 amide bonds. The monoisotopic (exact) mass is 266 g/mol. The molecular formula is C17H30O2. The van der Waals surface area contributed by atoms with Gasteiger partial charge in [-0.1, -0.05) is 50.7 Å². The summed E-state index contributed by atoms with van der Waals surface area (Å²) in [6.07, 6.45) is 19.9. The summed E-state index contributed by atoms with van der Waals surface area (Å²) in [7, 11) is 0. The zero-order valence-electron chi connectivity index (χ0n) is 12.4. The number of hydrogen-bond donors (Lipinski definition) is 0. The van der Waals surface area contributed by atoms with Gasteiger partial charge in [0.15, 0.2) is 0 Å². The molecule has 2 nitrogen and oxygen atoms in total. The fraction of sp³-hybridized carbons (Fsp3) is 0.824. The third-order valence-electron chi connectivity index (χ3n) is 3.70. The molecule has 1 rings (SSSR count). The van der Waals surface area contributed by atoms with Crippen LogP contribution in [-0.2, 0) is 9.53 Å². The summed E-state index contributed by atoms with van der Waals surface area (Å²) in [5, 5.41) is 0. The van der Waals surface area contributed by atoms with E-state index in [-0.39, 0.29) is 5.97 Å². The summed E-state index contributed by atoms with van der Waals surface area (Å²) in [6.45, 7) is 0.627. The molecule has 0 saturated heterocycles. The molecule has 0 bridgehead atoms. The molecule has 0 aromatic carbocycles. The minimum atomic E-state index is -0.00309. The summed E-state index contributed by atoms with van der Waals surface area (Å²) in [5.41, 5.74) is 0. The number of carbonyl (C=O) groups excluding carboxylic acids is 1. The molecule has 0 aromatic heterocycles. The maximum Gasteiger partial charge on any atom is 0.305 e. The van der Waals surface area contributed by atoms with Crippen LogP contribution in [0.1, 0.15) is 83.5 Å². The molecule has 0 aromatic rings. The molecule has 1 heterocycles. The first kappa shape index (κ1) is 16.3. The van der Waals surface area contributed by atoms with Crippen LogP contribution in [0.5, 0.6) is 0 Å². The van der Waals surface area contributed by atoms with Crippen LogP contribution in [0.25, 0.3) is 0 Å². The van der Waals surface area contributed by atoms with Crippen LogP contribution in [0.2, 0.25) is 0 Å². The number of allylic oxidation sites excluding steroid dienone is 2. The van der Waals surface area contributed by atoms with Crippen molar-refractivity contribution < 1.29 is 9.53 Å². The molecule has 1 aliphatic heterocycles. The third-order valence-corrected chi connectivity index (χ3v) is 3.70. The Morgan fingerprint density at radius 1 is 0.684 bits per heavy atom. The lowest BCUT2D eigenvalue weighted by Gasteiger charge is -2.05. The first-order valence-electron chi connectivity index (χ1n) is 8.20. The van der Waals surface area contributed by atoms with Crippen LogP contribution in [0, 0.1) is 0 Å². The van der Waals surface area contributed by atoms with E-state index in [1.165, 1.54) is 51.4 Å². The SMILES string of the molecule is O=C1CCCCC/C=C\CCCCCCCCCO1. The molecular weight excluding hydrogens is 236 g/mol. The predicted octanol–water partition coefficient (Wildman–Crippen LogP) is 5.17. The highest BCUT2D eigenvalue weighted by atomic mass is 16.5. The minimum absolute atomic E-state index is 0.00309. The quantitative estimate of drug-likeness (QED) is 0.446. The van der Waals surface area contributed by atoms with Crippen LogP contribution in [0.15, 0.2) is 12.2 Å². The number of rotatable bonds is 0. The summed E-state index contributed by atoms with van der Waals surface area (Å²) >= 11 is 0. The predicted molar refractivity (Wildman–Crippen MR) is 80.1 cm³/mol. The first-order valence-corrected chi connectivity index (χ1v) is 8.20. The van der Waals surface area contributed by atoms with Crippen molar-refractivity contribution >= 4 is 5.97 Å². The molecule has 0 atom stereocenters. The van der Waals surface area contributed by atoms with Crippen molar-refractivity contribution in [3.63, 3.8) is 0 Å². The second-order valence-corrected chi connectivity index (χ2v) is 5.55. The fourth-order valence-electron chi connectivity index (χ4n) is 2.45. The normalized spacial score (nSPS) is 23.9. The van der Waals surface area contributed by atoms with Crippen molar-refractivity contribution in [2.24, 2.45) is 0 Å². The van der Waals surface area contributed by atoms with E-state index in [1.54, 1.807) is 0 Å². The zero-order chi connectivity index (χ0) is 13.6. The third kappa shape index (κ3) is 10.8. The maximum atomic E-state index is 11.4. The van der Waals surface area contributed by atoms with Gasteiger partial charge in [0.05, 0.1) is 6.61 Å². The average molecular weight is 266 g/mol. The Balaban J connectivity index is 2.16. The van der Waals surface area contributed by atoms with E-state index in [4.69, 9.17) is 4.74 Å². The van der Waals surface area contributed by atoms with Gasteiger partial charge in [-0.25, -0.2) is 0 Å². The molecule has 0 radical (unpaired) electrons. The smallest absolute Gasteiger partial charge is 0.305 e. The largest absolute Gasteiger partial charge is 0.466 e. The molecule has 0 unspecified atom stereocenters. The summed E-state index contributed by atoms with van der Waals surface area (Å²) < 4.78 is 5.23. The minimum Gasteiger partial charge on any atom is -0.466 e. The summed E-state index contributed by atoms with van der Waals surface area (Å²) in [5.74, 6) is -0.00309. The molecule has 19 heavy (non-hydrogen) atoms. The second-order valence-electron chi connectivity index (χ2n) is 5.55. The Morgan fingerprint density at radius 2 is 1.21 bits per heavy atom. The Bertz CT molecular complexity index is 246. The van der Waals surface area contributed by atoms with Crippen LogP contribution in [0.3, 0.4) is 0 Å². The van der Waals surface area contributed by atoms with Gasteiger partial charge in [-0.05, 0) is 38.5 Å². The van der Waals surface area contributed by atoms with Crippen LogP contribution in [-0.4, -0.2) is 12.6 Å². The molecule has 0 fully saturated rings. The zero-order valence-corrected chi connectivity index (χ0v) is 12.4. The molecule has 0 spiro atoms. The van der Waals surface area contributed by atoms with Crippen molar-refractivity contribution in [1.82, 2.24) is 0 Å². The van der Waals surface area contributed by atoms with Crippen molar-refractivity contribution in [2.75, 3.05) is 6.61 Å². The van der Waals surface area contributed by atoms with E-state index in [1.807, 2.05) is 0 Å². The van der Waals surface area contributed by atoms with E-state index in [0.29, 0.717) is 13.0 Å². The molecule has 0 N–H and O–H groups in total. The van der Waals surface area contributed by atoms with E-state index >= 15 is 0 Å². The highest BCUT2D eigenvalue weighted by molar-refractivity contribution is 5.69. The van der Waals surface area contributed by atoms with Gasteiger partial charge < -0.3 is 4.74 Å². The van der Waals surface area contributed by atoms with Gasteiger partial charge in [-0.2, -0.15) is 0 Å². The number of carbonyl (C=O) groups is 1. The molecule has 110 valence electrons. The van der Waals surface area contributed by atoms with Crippen LogP contribution < -0.4 is 0 Å². The van der Waals surface area contributed by atoms with Gasteiger partial charge in [0, 0.05) is 6.42 Å². The van der Waals surface area contributed by atoms with Crippen molar-refractivity contribution in [2.45, 2.75) is 83.5 Å². The van der Waals surface area contributed by atoms with Gasteiger partial charge in [0.2, 0.25) is 0 Å². The Kier molecular flexibility index (Phi) is 10.5.